The Hall–Kier alpha value is -1.40. The third kappa shape index (κ3) is 5.31. The molecule has 0 spiro atoms. The average Bonchev–Trinajstić information content (AvgIpc) is 2.61. The van der Waals surface area contributed by atoms with Gasteiger partial charge in [-0.1, -0.05) is 56.3 Å². The lowest BCUT2D eigenvalue weighted by Crippen LogP contribution is -2.45. The van der Waals surface area contributed by atoms with Crippen molar-refractivity contribution in [1.29, 1.82) is 0 Å². The second-order valence-electron chi connectivity index (χ2n) is 5.75. The highest BCUT2D eigenvalue weighted by molar-refractivity contribution is 14.1. The molecule has 0 radical (unpaired) electrons. The van der Waals surface area contributed by atoms with Crippen molar-refractivity contribution >= 4 is 28.5 Å². The fourth-order valence-electron chi connectivity index (χ4n) is 2.91. The second-order valence-corrected chi connectivity index (χ2v) is 6.92. The van der Waals surface area contributed by atoms with Crippen molar-refractivity contribution in [2.75, 3.05) is 19.6 Å². The van der Waals surface area contributed by atoms with Crippen molar-refractivity contribution < 1.29 is 4.79 Å². The molecule has 24 heavy (non-hydrogen) atoms. The maximum atomic E-state index is 12.5. The van der Waals surface area contributed by atoms with Crippen molar-refractivity contribution in [2.24, 2.45) is 0 Å². The first-order valence-corrected chi connectivity index (χ1v) is 9.54. The summed E-state index contributed by atoms with van der Waals surface area (Å²) < 4.78 is 0.982. The second kappa shape index (κ2) is 9.79. The number of likely N-dealkylation sites (N-methyl/N-ethyl adjacent to an activating group) is 1. The summed E-state index contributed by atoms with van der Waals surface area (Å²) in [5, 5.41) is 3.12. The topological polar surface area (TPSA) is 32.3 Å². The Morgan fingerprint density at radius 2 is 1.67 bits per heavy atom. The van der Waals surface area contributed by atoms with Gasteiger partial charge in [0.1, 0.15) is 0 Å². The van der Waals surface area contributed by atoms with Gasteiger partial charge in [0.25, 0.3) is 5.91 Å². The molecule has 0 aliphatic carbocycles. The van der Waals surface area contributed by atoms with Gasteiger partial charge >= 0.3 is 0 Å². The molecule has 0 heterocycles. The molecule has 0 saturated carbocycles. The van der Waals surface area contributed by atoms with Crippen molar-refractivity contribution in [1.82, 2.24) is 10.2 Å². The Morgan fingerprint density at radius 3 is 2.29 bits per heavy atom. The van der Waals surface area contributed by atoms with E-state index in [0.717, 1.165) is 28.6 Å². The van der Waals surface area contributed by atoms with Crippen LogP contribution in [-0.4, -0.2) is 36.5 Å². The number of rotatable bonds is 8. The van der Waals surface area contributed by atoms with Gasteiger partial charge < -0.3 is 5.32 Å². The molecule has 0 saturated heterocycles. The number of nitrogens with one attached hydrogen (secondary N) is 1. The summed E-state index contributed by atoms with van der Waals surface area (Å²) in [5.41, 5.74) is 2.05. The molecule has 2 aromatic rings. The summed E-state index contributed by atoms with van der Waals surface area (Å²) >= 11 is 2.21. The van der Waals surface area contributed by atoms with Crippen molar-refractivity contribution in [3.8, 4) is 0 Å². The molecule has 128 valence electrons. The van der Waals surface area contributed by atoms with E-state index in [1.807, 2.05) is 30.3 Å². The molecule has 0 aromatic heterocycles. The zero-order chi connectivity index (χ0) is 17.4. The molecule has 0 aliphatic rings. The van der Waals surface area contributed by atoms with Gasteiger partial charge in [-0.2, -0.15) is 0 Å². The molecule has 0 aliphatic heterocycles. The summed E-state index contributed by atoms with van der Waals surface area (Å²) in [6, 6.07) is 18.5. The van der Waals surface area contributed by atoms with Crippen LogP contribution in [0.25, 0.3) is 0 Å². The minimum absolute atomic E-state index is 0.00483. The van der Waals surface area contributed by atoms with Gasteiger partial charge in [0.2, 0.25) is 0 Å². The first-order chi connectivity index (χ1) is 11.7. The molecular weight excluding hydrogens is 411 g/mol. The van der Waals surface area contributed by atoms with E-state index in [9.17, 15) is 4.79 Å². The van der Waals surface area contributed by atoms with Gasteiger partial charge in [0, 0.05) is 16.2 Å². The number of benzene rings is 2. The number of nitrogens with zero attached hydrogens (tertiary/aromatic N) is 1. The van der Waals surface area contributed by atoms with Crippen LogP contribution in [0, 0.1) is 3.57 Å². The van der Waals surface area contributed by atoms with Crippen molar-refractivity contribution in [3.63, 3.8) is 0 Å². The van der Waals surface area contributed by atoms with E-state index in [-0.39, 0.29) is 5.91 Å². The minimum atomic E-state index is 0.00483. The van der Waals surface area contributed by atoms with Gasteiger partial charge in [0.15, 0.2) is 0 Å². The molecule has 4 heteroatoms. The molecule has 1 unspecified atom stereocenters. The van der Waals surface area contributed by atoms with Crippen LogP contribution in [0.1, 0.15) is 29.8 Å². The van der Waals surface area contributed by atoms with Gasteiger partial charge in [-0.3, -0.25) is 9.69 Å². The van der Waals surface area contributed by atoms with Crippen LogP contribution >= 0.6 is 22.6 Å². The smallest absolute Gasteiger partial charge is 0.252 e. The Morgan fingerprint density at radius 1 is 1.04 bits per heavy atom. The Balaban J connectivity index is 2.05. The highest BCUT2D eigenvalue weighted by atomic mass is 127. The summed E-state index contributed by atoms with van der Waals surface area (Å²) in [6.45, 7) is 6.95. The van der Waals surface area contributed by atoms with Gasteiger partial charge in [0.05, 0.1) is 5.56 Å². The number of carbonyl (C=O) groups excluding carboxylic acids is 1. The van der Waals surface area contributed by atoms with E-state index < -0.39 is 0 Å². The fourth-order valence-corrected chi connectivity index (χ4v) is 3.54. The maximum absolute atomic E-state index is 12.5. The monoisotopic (exact) mass is 436 g/mol. The molecule has 1 atom stereocenters. The van der Waals surface area contributed by atoms with Crippen molar-refractivity contribution in [3.05, 3.63) is 69.3 Å². The zero-order valence-electron chi connectivity index (χ0n) is 14.3. The van der Waals surface area contributed by atoms with Crippen LogP contribution in [0.15, 0.2) is 54.6 Å². The van der Waals surface area contributed by atoms with Crippen LogP contribution in [-0.2, 0) is 6.42 Å². The highest BCUT2D eigenvalue weighted by Crippen LogP contribution is 2.12. The van der Waals surface area contributed by atoms with E-state index in [0.29, 0.717) is 12.6 Å². The lowest BCUT2D eigenvalue weighted by atomic mass is 10.0. The van der Waals surface area contributed by atoms with E-state index in [1.165, 1.54) is 5.56 Å². The summed E-state index contributed by atoms with van der Waals surface area (Å²) in [7, 11) is 0. The molecule has 1 amide bonds. The third-order valence-corrected chi connectivity index (χ3v) is 5.20. The zero-order valence-corrected chi connectivity index (χ0v) is 16.5. The molecule has 2 aromatic carbocycles. The summed E-state index contributed by atoms with van der Waals surface area (Å²) in [5.74, 6) is 0.00483. The van der Waals surface area contributed by atoms with E-state index in [2.05, 4.69) is 70.9 Å². The molecule has 0 bridgehead atoms. The Kier molecular flexibility index (Phi) is 7.72. The van der Waals surface area contributed by atoms with Gasteiger partial charge in [-0.25, -0.2) is 0 Å². The Bertz CT molecular complexity index is 641. The molecular formula is C20H25IN2O. The normalized spacial score (nSPS) is 12.2. The van der Waals surface area contributed by atoms with Crippen LogP contribution in [0.2, 0.25) is 0 Å². The quantitative estimate of drug-likeness (QED) is 0.636. The van der Waals surface area contributed by atoms with E-state index in [1.54, 1.807) is 0 Å². The van der Waals surface area contributed by atoms with Crippen LogP contribution < -0.4 is 5.32 Å². The third-order valence-electron chi connectivity index (χ3n) is 4.26. The standard InChI is InChI=1S/C20H25IN2O/c1-3-23(4-2)17(14-16-10-6-5-7-11-16)15-22-20(24)18-12-8-9-13-19(18)21/h5-13,17H,3-4,14-15H2,1-2H3,(H,22,24). The molecule has 0 fully saturated rings. The Labute approximate surface area is 158 Å². The largest absolute Gasteiger partial charge is 0.350 e. The fraction of sp³-hybridized carbons (Fsp3) is 0.350. The summed E-state index contributed by atoms with van der Waals surface area (Å²) in [6.07, 6.45) is 0.939. The summed E-state index contributed by atoms with van der Waals surface area (Å²) in [4.78, 5) is 14.9. The molecule has 3 nitrogen and oxygen atoms in total. The van der Waals surface area contributed by atoms with Crippen LogP contribution in [0.3, 0.4) is 0 Å². The van der Waals surface area contributed by atoms with Crippen LogP contribution in [0.4, 0.5) is 0 Å². The lowest BCUT2D eigenvalue weighted by molar-refractivity contribution is 0.0934. The number of hydrogen-bond donors (Lipinski definition) is 1. The number of hydrogen-bond acceptors (Lipinski definition) is 2. The van der Waals surface area contributed by atoms with Crippen molar-refractivity contribution in [2.45, 2.75) is 26.3 Å². The average molecular weight is 436 g/mol. The van der Waals surface area contributed by atoms with E-state index >= 15 is 0 Å². The number of halogens is 1. The lowest BCUT2D eigenvalue weighted by Gasteiger charge is -2.30. The molecule has 2 rings (SSSR count). The minimum Gasteiger partial charge on any atom is -0.350 e. The number of amides is 1. The SMILES string of the molecule is CCN(CC)C(CNC(=O)c1ccccc1I)Cc1ccccc1. The first-order valence-electron chi connectivity index (χ1n) is 8.46. The first kappa shape index (κ1) is 18.9. The van der Waals surface area contributed by atoms with Crippen LogP contribution in [0.5, 0.6) is 0 Å². The number of carbonyl (C=O) groups is 1. The van der Waals surface area contributed by atoms with Gasteiger partial charge in [-0.05, 0) is 59.8 Å². The van der Waals surface area contributed by atoms with Gasteiger partial charge in [-0.15, -0.1) is 0 Å². The van der Waals surface area contributed by atoms with E-state index in [4.69, 9.17) is 0 Å². The predicted octanol–water partition coefficient (Wildman–Crippen LogP) is 3.97. The molecule has 1 N–H and O–H groups in total. The predicted molar refractivity (Wildman–Crippen MR) is 108 cm³/mol. The maximum Gasteiger partial charge on any atom is 0.252 e. The highest BCUT2D eigenvalue weighted by Gasteiger charge is 2.18.